The van der Waals surface area contributed by atoms with E-state index >= 15 is 0 Å². The molecule has 4 nitrogen and oxygen atoms in total. The highest BCUT2D eigenvalue weighted by atomic mass is 16.5. The van der Waals surface area contributed by atoms with Gasteiger partial charge in [0, 0.05) is 31.9 Å². The Balaban J connectivity index is 1.70. The average Bonchev–Trinajstić information content (AvgIpc) is 3.02. The highest BCUT2D eigenvalue weighted by Crippen LogP contribution is 2.37. The highest BCUT2D eigenvalue weighted by molar-refractivity contribution is 5.10. The van der Waals surface area contributed by atoms with Crippen molar-refractivity contribution in [1.82, 2.24) is 15.1 Å². The van der Waals surface area contributed by atoms with E-state index in [0.717, 1.165) is 19.0 Å². The minimum atomic E-state index is 0.193. The van der Waals surface area contributed by atoms with Crippen LogP contribution in [-0.2, 0) is 11.8 Å². The van der Waals surface area contributed by atoms with E-state index in [2.05, 4.69) is 10.4 Å². The van der Waals surface area contributed by atoms with Crippen molar-refractivity contribution in [2.45, 2.75) is 25.0 Å². The molecule has 2 aliphatic rings. The monoisotopic (exact) mass is 207 g/mol. The van der Waals surface area contributed by atoms with Crippen LogP contribution in [0.4, 0.5) is 0 Å². The zero-order valence-corrected chi connectivity index (χ0v) is 9.02. The van der Waals surface area contributed by atoms with Gasteiger partial charge in [0.15, 0.2) is 0 Å². The summed E-state index contributed by atoms with van der Waals surface area (Å²) in [7, 11) is 1.94. The van der Waals surface area contributed by atoms with Crippen molar-refractivity contribution in [1.29, 1.82) is 0 Å². The Kier molecular flexibility index (Phi) is 2.25. The van der Waals surface area contributed by atoms with E-state index in [1.54, 1.807) is 0 Å². The summed E-state index contributed by atoms with van der Waals surface area (Å²) in [6.45, 7) is 1.93. The topological polar surface area (TPSA) is 39.1 Å². The summed E-state index contributed by atoms with van der Waals surface area (Å²) in [5.74, 6) is 0.803. The van der Waals surface area contributed by atoms with Gasteiger partial charge in [0.1, 0.15) is 0 Å². The summed E-state index contributed by atoms with van der Waals surface area (Å²) >= 11 is 0. The van der Waals surface area contributed by atoms with Gasteiger partial charge in [-0.3, -0.25) is 4.68 Å². The lowest BCUT2D eigenvalue weighted by molar-refractivity contribution is -0.0493. The molecule has 4 heteroatoms. The third kappa shape index (κ3) is 1.92. The van der Waals surface area contributed by atoms with Gasteiger partial charge >= 0.3 is 0 Å². The normalized spacial score (nSPS) is 31.8. The molecule has 1 saturated heterocycles. The number of hydrogen-bond acceptors (Lipinski definition) is 3. The molecule has 0 amide bonds. The van der Waals surface area contributed by atoms with Crippen LogP contribution in [0.5, 0.6) is 0 Å². The Morgan fingerprint density at radius 1 is 1.47 bits per heavy atom. The molecule has 1 saturated carbocycles. The SMILES string of the molecule is Cn1cc(C2CNC[C@H](C3CC3)O2)cn1. The first-order valence-electron chi connectivity index (χ1n) is 5.67. The van der Waals surface area contributed by atoms with Crippen LogP contribution in [0, 0.1) is 5.92 Å². The first-order valence-corrected chi connectivity index (χ1v) is 5.67. The van der Waals surface area contributed by atoms with Crippen LogP contribution >= 0.6 is 0 Å². The number of rotatable bonds is 2. The van der Waals surface area contributed by atoms with E-state index in [4.69, 9.17) is 4.74 Å². The average molecular weight is 207 g/mol. The van der Waals surface area contributed by atoms with Gasteiger partial charge in [-0.25, -0.2) is 0 Å². The summed E-state index contributed by atoms with van der Waals surface area (Å²) in [6.07, 6.45) is 7.24. The predicted octanol–water partition coefficient (Wildman–Crippen LogP) is 0.860. The molecule has 1 aliphatic heterocycles. The number of morpholine rings is 1. The molecule has 2 atom stereocenters. The molecule has 2 fully saturated rings. The van der Waals surface area contributed by atoms with Gasteiger partial charge in [-0.05, 0) is 18.8 Å². The van der Waals surface area contributed by atoms with Crippen LogP contribution in [0.1, 0.15) is 24.5 Å². The number of nitrogens with one attached hydrogen (secondary N) is 1. The number of aromatic nitrogens is 2. The summed E-state index contributed by atoms with van der Waals surface area (Å²) in [6, 6.07) is 0. The number of nitrogens with zero attached hydrogens (tertiary/aromatic N) is 2. The van der Waals surface area contributed by atoms with Gasteiger partial charge in [0.2, 0.25) is 0 Å². The molecule has 1 aliphatic carbocycles. The summed E-state index contributed by atoms with van der Waals surface area (Å²) in [5, 5.41) is 7.64. The molecule has 0 bridgehead atoms. The Labute approximate surface area is 89.6 Å². The van der Waals surface area contributed by atoms with Crippen molar-refractivity contribution in [2.24, 2.45) is 13.0 Å². The molecule has 3 rings (SSSR count). The fourth-order valence-electron chi connectivity index (χ4n) is 2.21. The van der Waals surface area contributed by atoms with Gasteiger partial charge < -0.3 is 10.1 Å². The van der Waals surface area contributed by atoms with Crippen LogP contribution in [0.25, 0.3) is 0 Å². The van der Waals surface area contributed by atoms with E-state index < -0.39 is 0 Å². The van der Waals surface area contributed by atoms with Gasteiger partial charge in [0.25, 0.3) is 0 Å². The Morgan fingerprint density at radius 2 is 2.33 bits per heavy atom. The quantitative estimate of drug-likeness (QED) is 0.781. The van der Waals surface area contributed by atoms with Crippen LogP contribution < -0.4 is 5.32 Å². The molecular weight excluding hydrogens is 190 g/mol. The minimum absolute atomic E-state index is 0.193. The maximum atomic E-state index is 6.09. The van der Waals surface area contributed by atoms with E-state index in [1.165, 1.54) is 18.4 Å². The van der Waals surface area contributed by atoms with Crippen molar-refractivity contribution >= 4 is 0 Å². The van der Waals surface area contributed by atoms with Gasteiger partial charge in [-0.2, -0.15) is 5.10 Å². The first kappa shape index (κ1) is 9.36. The molecule has 1 unspecified atom stereocenters. The zero-order chi connectivity index (χ0) is 10.3. The fourth-order valence-corrected chi connectivity index (χ4v) is 2.21. The van der Waals surface area contributed by atoms with Gasteiger partial charge in [-0.1, -0.05) is 0 Å². The van der Waals surface area contributed by atoms with Crippen molar-refractivity contribution in [3.63, 3.8) is 0 Å². The third-order valence-electron chi connectivity index (χ3n) is 3.26. The summed E-state index contributed by atoms with van der Waals surface area (Å²) in [4.78, 5) is 0. The Morgan fingerprint density at radius 3 is 3.00 bits per heavy atom. The molecule has 1 aromatic rings. The molecule has 2 heterocycles. The summed E-state index contributed by atoms with van der Waals surface area (Å²) < 4.78 is 7.93. The Bertz CT molecular complexity index is 345. The van der Waals surface area contributed by atoms with Gasteiger partial charge in [0.05, 0.1) is 18.4 Å². The van der Waals surface area contributed by atoms with Crippen molar-refractivity contribution in [2.75, 3.05) is 13.1 Å². The molecule has 0 radical (unpaired) electrons. The molecule has 0 spiro atoms. The van der Waals surface area contributed by atoms with Crippen molar-refractivity contribution in [3.05, 3.63) is 18.0 Å². The standard InChI is InChI=1S/C11H17N3O/c1-14-7-9(4-13-14)11-6-12-5-10(15-11)8-2-3-8/h4,7-8,10-12H,2-3,5-6H2,1H3/t10-,11?/m1/s1. The molecule has 0 aromatic carbocycles. The summed E-state index contributed by atoms with van der Waals surface area (Å²) in [5.41, 5.74) is 1.19. The number of ether oxygens (including phenoxy) is 1. The second-order valence-electron chi connectivity index (χ2n) is 4.61. The van der Waals surface area contributed by atoms with E-state index in [-0.39, 0.29) is 6.10 Å². The Hall–Kier alpha value is -0.870. The molecule has 82 valence electrons. The maximum absolute atomic E-state index is 6.09. The second-order valence-corrected chi connectivity index (χ2v) is 4.61. The molecule has 1 N–H and O–H groups in total. The smallest absolute Gasteiger partial charge is 0.0984 e. The van der Waals surface area contributed by atoms with Crippen LogP contribution in [0.2, 0.25) is 0 Å². The zero-order valence-electron chi connectivity index (χ0n) is 9.02. The lowest BCUT2D eigenvalue weighted by atomic mass is 10.1. The van der Waals surface area contributed by atoms with Gasteiger partial charge in [-0.15, -0.1) is 0 Å². The van der Waals surface area contributed by atoms with Crippen LogP contribution in [0.15, 0.2) is 12.4 Å². The van der Waals surface area contributed by atoms with E-state index in [9.17, 15) is 0 Å². The highest BCUT2D eigenvalue weighted by Gasteiger charge is 2.36. The van der Waals surface area contributed by atoms with Crippen LogP contribution in [0.3, 0.4) is 0 Å². The molecule has 1 aromatic heterocycles. The maximum Gasteiger partial charge on any atom is 0.0984 e. The first-order chi connectivity index (χ1) is 7.33. The van der Waals surface area contributed by atoms with E-state index in [1.807, 2.05) is 24.1 Å². The predicted molar refractivity (Wildman–Crippen MR) is 56.4 cm³/mol. The fraction of sp³-hybridized carbons (Fsp3) is 0.727. The lowest BCUT2D eigenvalue weighted by Gasteiger charge is -2.30. The molecular formula is C11H17N3O. The van der Waals surface area contributed by atoms with Crippen molar-refractivity contribution < 1.29 is 4.74 Å². The largest absolute Gasteiger partial charge is 0.367 e. The van der Waals surface area contributed by atoms with Crippen LogP contribution in [-0.4, -0.2) is 29.0 Å². The molecule has 15 heavy (non-hydrogen) atoms. The third-order valence-corrected chi connectivity index (χ3v) is 3.26. The number of aryl methyl sites for hydroxylation is 1. The minimum Gasteiger partial charge on any atom is -0.367 e. The second kappa shape index (κ2) is 3.61. The lowest BCUT2D eigenvalue weighted by Crippen LogP contribution is -2.41. The number of hydrogen-bond donors (Lipinski definition) is 1. The van der Waals surface area contributed by atoms with Crippen molar-refractivity contribution in [3.8, 4) is 0 Å². The van der Waals surface area contributed by atoms with E-state index in [0.29, 0.717) is 6.10 Å².